The van der Waals surface area contributed by atoms with Gasteiger partial charge in [0.2, 0.25) is 11.8 Å². The summed E-state index contributed by atoms with van der Waals surface area (Å²) < 4.78 is 16.9. The average Bonchev–Trinajstić information content (AvgIpc) is 3.53. The second kappa shape index (κ2) is 13.0. The fourth-order valence-corrected chi connectivity index (χ4v) is 7.11. The lowest BCUT2D eigenvalue weighted by molar-refractivity contribution is -0.139. The SMILES string of the molecule is CCO[C@H]1CN(C(=O)[C@H](c2cc(N3CCN(CCOC)CC3)ccc2C(N)=O)C2CCCCC2)[C@@H]2C(=O)CO[C@H]12. The Bertz CT molecular complexity index is 1070. The van der Waals surface area contributed by atoms with Gasteiger partial charge in [0.1, 0.15) is 24.9 Å². The Morgan fingerprint density at radius 3 is 2.55 bits per heavy atom. The Hall–Kier alpha value is -2.53. The van der Waals surface area contributed by atoms with Crippen molar-refractivity contribution < 1.29 is 28.6 Å². The third-order valence-corrected chi connectivity index (χ3v) is 9.17. The predicted molar refractivity (Wildman–Crippen MR) is 150 cm³/mol. The van der Waals surface area contributed by atoms with Crippen molar-refractivity contribution in [1.82, 2.24) is 9.80 Å². The van der Waals surface area contributed by atoms with Crippen molar-refractivity contribution in [3.63, 3.8) is 0 Å². The Kier molecular flexibility index (Phi) is 9.40. The van der Waals surface area contributed by atoms with Gasteiger partial charge in [-0.05, 0) is 49.4 Å². The molecule has 1 aromatic carbocycles. The van der Waals surface area contributed by atoms with Crippen molar-refractivity contribution in [3.8, 4) is 0 Å². The van der Waals surface area contributed by atoms with Crippen LogP contribution in [0, 0.1) is 5.92 Å². The zero-order valence-corrected chi connectivity index (χ0v) is 23.9. The quantitative estimate of drug-likeness (QED) is 0.464. The van der Waals surface area contributed by atoms with Crippen molar-refractivity contribution >= 4 is 23.3 Å². The lowest BCUT2D eigenvalue weighted by Gasteiger charge is -2.37. The smallest absolute Gasteiger partial charge is 0.249 e. The zero-order valence-electron chi connectivity index (χ0n) is 23.9. The van der Waals surface area contributed by atoms with Crippen molar-refractivity contribution in [3.05, 3.63) is 29.3 Å². The molecule has 10 nitrogen and oxygen atoms in total. The van der Waals surface area contributed by atoms with Crippen LogP contribution in [0.4, 0.5) is 5.69 Å². The van der Waals surface area contributed by atoms with Crippen LogP contribution < -0.4 is 10.6 Å². The number of Topliss-reactive ketones (excluding diaryl/α,β-unsaturated/α-hetero) is 1. The minimum Gasteiger partial charge on any atom is -0.383 e. The summed E-state index contributed by atoms with van der Waals surface area (Å²) in [6.07, 6.45) is 4.24. The number of fused-ring (bicyclic) bond motifs is 1. The van der Waals surface area contributed by atoms with Gasteiger partial charge in [-0.15, -0.1) is 0 Å². The first kappa shape index (κ1) is 29.0. The lowest BCUT2D eigenvalue weighted by Crippen LogP contribution is -2.47. The molecular weight excluding hydrogens is 512 g/mol. The molecule has 1 aliphatic carbocycles. The first-order chi connectivity index (χ1) is 19.4. The van der Waals surface area contributed by atoms with E-state index >= 15 is 0 Å². The first-order valence-electron chi connectivity index (χ1n) is 14.9. The van der Waals surface area contributed by atoms with Crippen LogP contribution in [0.15, 0.2) is 18.2 Å². The molecule has 0 aromatic heterocycles. The number of ether oxygens (including phenoxy) is 3. The third kappa shape index (κ3) is 5.91. The number of hydrogen-bond donors (Lipinski definition) is 1. The maximum Gasteiger partial charge on any atom is 0.249 e. The van der Waals surface area contributed by atoms with Gasteiger partial charge < -0.3 is 29.7 Å². The Balaban J connectivity index is 1.47. The maximum atomic E-state index is 14.6. The molecule has 2 N–H and O–H groups in total. The molecule has 3 heterocycles. The minimum atomic E-state index is -0.643. The molecule has 4 atom stereocenters. The van der Waals surface area contributed by atoms with E-state index in [1.807, 2.05) is 19.1 Å². The van der Waals surface area contributed by atoms with E-state index in [4.69, 9.17) is 19.9 Å². The molecule has 220 valence electrons. The maximum absolute atomic E-state index is 14.6. The summed E-state index contributed by atoms with van der Waals surface area (Å²) in [4.78, 5) is 46.6. The Morgan fingerprint density at radius 1 is 1.12 bits per heavy atom. The van der Waals surface area contributed by atoms with Gasteiger partial charge in [-0.3, -0.25) is 19.3 Å². The predicted octanol–water partition coefficient (Wildman–Crippen LogP) is 1.80. The number of rotatable bonds is 10. The van der Waals surface area contributed by atoms with Crippen LogP contribution in [0.25, 0.3) is 0 Å². The van der Waals surface area contributed by atoms with E-state index in [-0.39, 0.29) is 30.3 Å². The fraction of sp³-hybridized carbons (Fsp3) is 0.700. The minimum absolute atomic E-state index is 0.00480. The molecule has 5 rings (SSSR count). The number of carbonyl (C=O) groups excluding carboxylic acids is 3. The van der Waals surface area contributed by atoms with E-state index in [2.05, 4.69) is 9.80 Å². The van der Waals surface area contributed by atoms with E-state index in [0.717, 1.165) is 70.5 Å². The summed E-state index contributed by atoms with van der Waals surface area (Å²) >= 11 is 0. The number of amides is 2. The molecule has 4 fully saturated rings. The highest BCUT2D eigenvalue weighted by molar-refractivity contribution is 5.99. The van der Waals surface area contributed by atoms with Crippen LogP contribution in [0.3, 0.4) is 0 Å². The number of carbonyl (C=O) groups is 3. The molecule has 4 aliphatic rings. The second-order valence-corrected chi connectivity index (χ2v) is 11.5. The monoisotopic (exact) mass is 556 g/mol. The molecule has 2 amide bonds. The van der Waals surface area contributed by atoms with Crippen LogP contribution in [0.5, 0.6) is 0 Å². The van der Waals surface area contributed by atoms with Crippen molar-refractivity contribution in [2.45, 2.75) is 63.2 Å². The molecular formula is C30H44N4O6. The van der Waals surface area contributed by atoms with E-state index in [0.29, 0.717) is 30.9 Å². The standard InChI is InChI=1S/C30H44N4O6/c1-3-39-25-18-34(27-24(35)19-40-28(25)27)30(37)26(20-7-5-4-6-8-20)23-17-21(9-10-22(23)29(31)36)33-13-11-32(12-14-33)15-16-38-2/h9-10,17,20,25-28H,3-8,11-16,18-19H2,1-2H3,(H2,31,36)/t25-,26-,27+,28+/m0/s1. The number of nitrogens with zero attached hydrogens (tertiary/aromatic N) is 3. The molecule has 1 saturated carbocycles. The Labute approximate surface area is 237 Å². The number of ketones is 1. The highest BCUT2D eigenvalue weighted by Crippen LogP contribution is 2.42. The van der Waals surface area contributed by atoms with Crippen LogP contribution in [0.2, 0.25) is 0 Å². The molecule has 3 saturated heterocycles. The first-order valence-corrected chi connectivity index (χ1v) is 14.9. The molecule has 0 radical (unpaired) electrons. The van der Waals surface area contributed by atoms with Crippen LogP contribution in [-0.4, -0.2) is 112 Å². The van der Waals surface area contributed by atoms with Crippen LogP contribution in [0.1, 0.15) is 60.9 Å². The number of benzene rings is 1. The number of primary amides is 1. The number of anilines is 1. The summed E-state index contributed by atoms with van der Waals surface area (Å²) in [5, 5.41) is 0. The van der Waals surface area contributed by atoms with Crippen molar-refractivity contribution in [1.29, 1.82) is 0 Å². The average molecular weight is 557 g/mol. The third-order valence-electron chi connectivity index (χ3n) is 9.17. The van der Waals surface area contributed by atoms with E-state index in [9.17, 15) is 14.4 Å². The number of hydrogen-bond acceptors (Lipinski definition) is 8. The zero-order chi connectivity index (χ0) is 28.2. The van der Waals surface area contributed by atoms with Gasteiger partial charge >= 0.3 is 0 Å². The van der Waals surface area contributed by atoms with Gasteiger partial charge in [0, 0.05) is 57.7 Å². The summed E-state index contributed by atoms with van der Waals surface area (Å²) in [6, 6.07) is 5.10. The van der Waals surface area contributed by atoms with Crippen LogP contribution in [-0.2, 0) is 23.8 Å². The summed E-state index contributed by atoms with van der Waals surface area (Å²) in [7, 11) is 1.72. The summed E-state index contributed by atoms with van der Waals surface area (Å²) in [5.74, 6) is -1.22. The van der Waals surface area contributed by atoms with Crippen LogP contribution >= 0.6 is 0 Å². The van der Waals surface area contributed by atoms with E-state index in [1.165, 1.54) is 0 Å². The topological polar surface area (TPSA) is 115 Å². The molecule has 0 unspecified atom stereocenters. The fourth-order valence-electron chi connectivity index (χ4n) is 7.11. The van der Waals surface area contributed by atoms with Gasteiger partial charge in [0.25, 0.3) is 0 Å². The van der Waals surface area contributed by atoms with Gasteiger partial charge in [-0.25, -0.2) is 0 Å². The number of nitrogens with two attached hydrogens (primary N) is 1. The number of likely N-dealkylation sites (tertiary alicyclic amines) is 1. The van der Waals surface area contributed by atoms with Crippen molar-refractivity contribution in [2.24, 2.45) is 11.7 Å². The second-order valence-electron chi connectivity index (χ2n) is 11.5. The number of methoxy groups -OCH3 is 1. The summed E-state index contributed by atoms with van der Waals surface area (Å²) in [6.45, 7) is 7.82. The van der Waals surface area contributed by atoms with Crippen molar-refractivity contribution in [2.75, 3.05) is 71.1 Å². The highest BCUT2D eigenvalue weighted by atomic mass is 16.6. The molecule has 3 aliphatic heterocycles. The Morgan fingerprint density at radius 2 is 1.88 bits per heavy atom. The molecule has 40 heavy (non-hydrogen) atoms. The lowest BCUT2D eigenvalue weighted by atomic mass is 9.74. The van der Waals surface area contributed by atoms with Gasteiger partial charge in [0.05, 0.1) is 19.1 Å². The molecule has 0 bridgehead atoms. The highest BCUT2D eigenvalue weighted by Gasteiger charge is 2.54. The molecule has 10 heteroatoms. The normalized spacial score (nSPS) is 26.8. The largest absolute Gasteiger partial charge is 0.383 e. The van der Waals surface area contributed by atoms with Gasteiger partial charge in [-0.1, -0.05) is 19.3 Å². The van der Waals surface area contributed by atoms with Gasteiger partial charge in [-0.2, -0.15) is 0 Å². The number of piperazine rings is 1. The van der Waals surface area contributed by atoms with E-state index in [1.54, 1.807) is 18.1 Å². The molecule has 1 aromatic rings. The molecule has 0 spiro atoms. The van der Waals surface area contributed by atoms with E-state index < -0.39 is 24.0 Å². The van der Waals surface area contributed by atoms with Gasteiger partial charge in [0.15, 0.2) is 5.78 Å². The summed E-state index contributed by atoms with van der Waals surface area (Å²) in [5.41, 5.74) is 7.97.